The maximum absolute atomic E-state index is 11.5. The smallest absolute Gasteiger partial charge is 0.264 e. The van der Waals surface area contributed by atoms with Crippen LogP contribution in [-0.4, -0.2) is 25.5 Å². The normalized spacial score (nSPS) is 13.8. The molecule has 0 fully saturated rings. The minimum atomic E-state index is -0.173. The van der Waals surface area contributed by atoms with Crippen LogP contribution in [0.4, 0.5) is 5.69 Å². The molecule has 0 unspecified atom stereocenters. The quantitative estimate of drug-likeness (QED) is 0.466. The maximum atomic E-state index is 11.5. The number of carbonyl (C=O) groups excluding carboxylic acids is 2. The van der Waals surface area contributed by atoms with Crippen molar-refractivity contribution in [3.8, 4) is 5.75 Å². The Morgan fingerprint density at radius 1 is 1.53 bits per heavy atom. The molecule has 6 heteroatoms. The van der Waals surface area contributed by atoms with Gasteiger partial charge in [0.2, 0.25) is 5.91 Å². The van der Waals surface area contributed by atoms with E-state index in [2.05, 4.69) is 5.43 Å². The zero-order valence-electron chi connectivity index (χ0n) is 10.8. The number of aryl methyl sites for hydroxylation is 1. The summed E-state index contributed by atoms with van der Waals surface area (Å²) in [7, 11) is 1.73. The Balaban J connectivity index is 2.04. The second-order valence-corrected chi connectivity index (χ2v) is 4.46. The fourth-order valence-corrected chi connectivity index (χ4v) is 2.00. The first-order valence-corrected chi connectivity index (χ1v) is 6.13. The van der Waals surface area contributed by atoms with E-state index in [0.717, 1.165) is 17.7 Å². The molecule has 0 aliphatic carbocycles. The molecule has 3 N–H and O–H groups in total. The lowest BCUT2D eigenvalue weighted by Gasteiger charge is -2.26. The predicted octanol–water partition coefficient (Wildman–Crippen LogP) is 0.354. The average molecular weight is 263 g/mol. The van der Waals surface area contributed by atoms with Crippen molar-refractivity contribution in [2.45, 2.75) is 19.3 Å². The van der Waals surface area contributed by atoms with E-state index in [9.17, 15) is 9.59 Å². The fourth-order valence-electron chi connectivity index (χ4n) is 2.00. The van der Waals surface area contributed by atoms with Crippen molar-refractivity contribution in [3.05, 3.63) is 23.8 Å². The number of rotatable bonds is 4. The lowest BCUT2D eigenvalue weighted by molar-refractivity contribution is -0.121. The van der Waals surface area contributed by atoms with Crippen LogP contribution < -0.4 is 20.9 Å². The van der Waals surface area contributed by atoms with Gasteiger partial charge in [0, 0.05) is 13.5 Å². The highest BCUT2D eigenvalue weighted by Gasteiger charge is 2.22. The van der Waals surface area contributed by atoms with Gasteiger partial charge in [-0.1, -0.05) is 6.07 Å². The molecule has 0 radical (unpaired) electrons. The molecule has 1 aliphatic heterocycles. The first-order valence-electron chi connectivity index (χ1n) is 6.13. The zero-order chi connectivity index (χ0) is 13.8. The summed E-state index contributed by atoms with van der Waals surface area (Å²) in [6.45, 7) is 0.0829. The lowest BCUT2D eigenvalue weighted by Crippen LogP contribution is -2.35. The van der Waals surface area contributed by atoms with E-state index >= 15 is 0 Å². The molecule has 0 saturated heterocycles. The van der Waals surface area contributed by atoms with Gasteiger partial charge in [-0.25, -0.2) is 5.84 Å². The van der Waals surface area contributed by atoms with Crippen LogP contribution in [0.15, 0.2) is 18.2 Å². The first kappa shape index (κ1) is 13.4. The van der Waals surface area contributed by atoms with Crippen molar-refractivity contribution in [1.29, 1.82) is 0 Å². The number of nitrogens with one attached hydrogen (secondary N) is 1. The average Bonchev–Trinajstić information content (AvgIpc) is 2.43. The highest BCUT2D eigenvalue weighted by molar-refractivity contribution is 5.97. The molecule has 0 spiro atoms. The molecule has 6 nitrogen and oxygen atoms in total. The number of amides is 2. The van der Waals surface area contributed by atoms with Gasteiger partial charge in [0.05, 0.1) is 5.69 Å². The number of nitrogens with zero attached hydrogens (tertiary/aromatic N) is 1. The Kier molecular flexibility index (Phi) is 4.01. The van der Waals surface area contributed by atoms with Crippen molar-refractivity contribution >= 4 is 17.5 Å². The minimum absolute atomic E-state index is 0.0628. The largest absolute Gasteiger partial charge is 0.482 e. The van der Waals surface area contributed by atoms with Crippen LogP contribution in [0, 0.1) is 0 Å². The summed E-state index contributed by atoms with van der Waals surface area (Å²) in [5.74, 6) is 5.49. The van der Waals surface area contributed by atoms with Crippen LogP contribution >= 0.6 is 0 Å². The van der Waals surface area contributed by atoms with Gasteiger partial charge in [0.1, 0.15) is 5.75 Å². The number of anilines is 1. The first-order chi connectivity index (χ1) is 9.11. The highest BCUT2D eigenvalue weighted by atomic mass is 16.5. The van der Waals surface area contributed by atoms with Gasteiger partial charge in [-0.15, -0.1) is 0 Å². The summed E-state index contributed by atoms with van der Waals surface area (Å²) in [6, 6.07) is 5.73. The second-order valence-electron chi connectivity index (χ2n) is 4.46. The number of nitrogens with two attached hydrogens (primary N) is 1. The number of fused-ring (bicyclic) bond motifs is 1. The van der Waals surface area contributed by atoms with Crippen LogP contribution in [0.1, 0.15) is 18.4 Å². The summed E-state index contributed by atoms with van der Waals surface area (Å²) >= 11 is 0. The standard InChI is InChI=1S/C13H17N3O3/c1-16-10-7-9(3-2-4-12(17)15-14)5-6-11(10)19-8-13(16)18/h5-7H,2-4,8,14H2,1H3,(H,15,17). The van der Waals surface area contributed by atoms with E-state index in [-0.39, 0.29) is 18.4 Å². The third kappa shape index (κ3) is 3.03. The van der Waals surface area contributed by atoms with Crippen LogP contribution in [-0.2, 0) is 16.0 Å². The van der Waals surface area contributed by atoms with Crippen LogP contribution in [0.3, 0.4) is 0 Å². The van der Waals surface area contributed by atoms with Gasteiger partial charge in [-0.05, 0) is 30.5 Å². The Hall–Kier alpha value is -2.08. The molecule has 2 rings (SSSR count). The molecule has 102 valence electrons. The number of carbonyl (C=O) groups is 2. The summed E-state index contributed by atoms with van der Waals surface area (Å²) in [6.07, 6.45) is 1.85. The minimum Gasteiger partial charge on any atom is -0.482 e. The van der Waals surface area contributed by atoms with Crippen molar-refractivity contribution in [2.24, 2.45) is 5.84 Å². The molecular formula is C13H17N3O3. The number of likely N-dealkylation sites (N-methyl/N-ethyl adjacent to an activating group) is 1. The van der Waals surface area contributed by atoms with Gasteiger partial charge < -0.3 is 9.64 Å². The number of benzene rings is 1. The molecule has 1 heterocycles. The van der Waals surface area contributed by atoms with E-state index in [1.165, 1.54) is 0 Å². The van der Waals surface area contributed by atoms with Gasteiger partial charge in [-0.3, -0.25) is 15.0 Å². The van der Waals surface area contributed by atoms with Crippen molar-refractivity contribution in [1.82, 2.24) is 5.43 Å². The molecule has 0 bridgehead atoms. The summed E-state index contributed by atoms with van der Waals surface area (Å²) in [5, 5.41) is 0. The molecule has 2 amide bonds. The van der Waals surface area contributed by atoms with E-state index in [1.807, 2.05) is 18.2 Å². The van der Waals surface area contributed by atoms with Crippen molar-refractivity contribution < 1.29 is 14.3 Å². The summed E-state index contributed by atoms with van der Waals surface area (Å²) in [4.78, 5) is 24.2. The number of hydrazine groups is 1. The van der Waals surface area contributed by atoms with Crippen LogP contribution in [0.2, 0.25) is 0 Å². The van der Waals surface area contributed by atoms with E-state index in [1.54, 1.807) is 11.9 Å². The molecular weight excluding hydrogens is 246 g/mol. The zero-order valence-corrected chi connectivity index (χ0v) is 10.8. The topological polar surface area (TPSA) is 84.7 Å². The van der Waals surface area contributed by atoms with Crippen LogP contribution in [0.25, 0.3) is 0 Å². The molecule has 1 aromatic rings. The molecule has 1 aliphatic rings. The number of ether oxygens (including phenoxy) is 1. The van der Waals surface area contributed by atoms with E-state index in [0.29, 0.717) is 18.6 Å². The maximum Gasteiger partial charge on any atom is 0.264 e. The van der Waals surface area contributed by atoms with E-state index < -0.39 is 0 Å². The Morgan fingerprint density at radius 3 is 3.05 bits per heavy atom. The third-order valence-electron chi connectivity index (χ3n) is 3.14. The highest BCUT2D eigenvalue weighted by Crippen LogP contribution is 2.32. The summed E-state index contributed by atoms with van der Waals surface area (Å²) in [5.41, 5.74) is 3.94. The van der Waals surface area contributed by atoms with Gasteiger partial charge in [0.15, 0.2) is 6.61 Å². The van der Waals surface area contributed by atoms with Gasteiger partial charge >= 0.3 is 0 Å². The van der Waals surface area contributed by atoms with Gasteiger partial charge in [-0.2, -0.15) is 0 Å². The SMILES string of the molecule is CN1C(=O)COc2ccc(CCCC(=O)NN)cc21. The molecule has 19 heavy (non-hydrogen) atoms. The fraction of sp³-hybridized carbons (Fsp3) is 0.385. The number of hydrogen-bond donors (Lipinski definition) is 2. The predicted molar refractivity (Wildman–Crippen MR) is 70.6 cm³/mol. The Labute approximate surface area is 111 Å². The van der Waals surface area contributed by atoms with Gasteiger partial charge in [0.25, 0.3) is 5.91 Å². The van der Waals surface area contributed by atoms with Crippen molar-refractivity contribution in [2.75, 3.05) is 18.6 Å². The Morgan fingerprint density at radius 2 is 2.32 bits per heavy atom. The third-order valence-corrected chi connectivity index (χ3v) is 3.14. The number of hydrogen-bond acceptors (Lipinski definition) is 4. The second kappa shape index (κ2) is 5.71. The summed E-state index contributed by atoms with van der Waals surface area (Å²) < 4.78 is 5.35. The molecule has 0 aromatic heterocycles. The molecule has 0 saturated carbocycles. The monoisotopic (exact) mass is 263 g/mol. The Bertz CT molecular complexity index is 502. The molecule has 0 atom stereocenters. The molecule has 1 aromatic carbocycles. The van der Waals surface area contributed by atoms with Crippen molar-refractivity contribution in [3.63, 3.8) is 0 Å². The van der Waals surface area contributed by atoms with Crippen LogP contribution in [0.5, 0.6) is 5.75 Å². The van der Waals surface area contributed by atoms with E-state index in [4.69, 9.17) is 10.6 Å². The lowest BCUT2D eigenvalue weighted by atomic mass is 10.1.